The normalized spacial score (nSPS) is 12.3. The summed E-state index contributed by atoms with van der Waals surface area (Å²) in [6.07, 6.45) is 0.976. The molecule has 0 spiro atoms. The minimum Gasteiger partial charge on any atom is -0.495 e. The molecular weight excluding hydrogens is 434 g/mol. The SMILES string of the molecule is CCCn1c2ccccc2c2nnc(SC(C)C(=O)Nc3ccc(OC)c(Cl)c3)nc21. The number of nitrogens with zero attached hydrogens (tertiary/aromatic N) is 4. The third-order valence-corrected chi connectivity index (χ3v) is 6.12. The number of rotatable bonds is 7. The van der Waals surface area contributed by atoms with Gasteiger partial charge in [0.25, 0.3) is 0 Å². The van der Waals surface area contributed by atoms with Crippen LogP contribution in [0.5, 0.6) is 5.75 Å². The van der Waals surface area contributed by atoms with E-state index in [1.54, 1.807) is 32.2 Å². The van der Waals surface area contributed by atoms with Gasteiger partial charge >= 0.3 is 0 Å². The van der Waals surface area contributed by atoms with Gasteiger partial charge in [-0.25, -0.2) is 4.98 Å². The van der Waals surface area contributed by atoms with Gasteiger partial charge in [0.15, 0.2) is 5.65 Å². The third kappa shape index (κ3) is 4.31. The summed E-state index contributed by atoms with van der Waals surface area (Å²) in [4.78, 5) is 17.4. The number of benzene rings is 2. The number of hydrogen-bond acceptors (Lipinski definition) is 6. The molecule has 0 aliphatic rings. The van der Waals surface area contributed by atoms with Gasteiger partial charge in [-0.3, -0.25) is 4.79 Å². The van der Waals surface area contributed by atoms with Crippen LogP contribution in [-0.4, -0.2) is 38.0 Å². The van der Waals surface area contributed by atoms with Crippen LogP contribution >= 0.6 is 23.4 Å². The van der Waals surface area contributed by atoms with Gasteiger partial charge in [-0.1, -0.05) is 48.5 Å². The van der Waals surface area contributed by atoms with E-state index in [4.69, 9.17) is 21.3 Å². The first-order valence-corrected chi connectivity index (χ1v) is 11.2. The zero-order valence-corrected chi connectivity index (χ0v) is 19.0. The number of ether oxygens (including phenoxy) is 1. The van der Waals surface area contributed by atoms with Crippen molar-refractivity contribution in [1.82, 2.24) is 19.7 Å². The zero-order chi connectivity index (χ0) is 22.0. The Labute approximate surface area is 189 Å². The van der Waals surface area contributed by atoms with E-state index in [1.807, 2.05) is 18.2 Å². The summed E-state index contributed by atoms with van der Waals surface area (Å²) >= 11 is 7.41. The van der Waals surface area contributed by atoms with Gasteiger partial charge in [-0.05, 0) is 37.6 Å². The lowest BCUT2D eigenvalue weighted by atomic mass is 10.2. The van der Waals surface area contributed by atoms with Gasteiger partial charge in [-0.15, -0.1) is 10.2 Å². The minimum absolute atomic E-state index is 0.177. The predicted molar refractivity (Wildman–Crippen MR) is 125 cm³/mol. The lowest BCUT2D eigenvalue weighted by Gasteiger charge is -2.12. The molecule has 4 aromatic rings. The molecule has 2 aromatic carbocycles. The van der Waals surface area contributed by atoms with E-state index in [1.165, 1.54) is 11.8 Å². The molecule has 0 saturated carbocycles. The van der Waals surface area contributed by atoms with Crippen LogP contribution in [0, 0.1) is 0 Å². The Morgan fingerprint density at radius 3 is 2.81 bits per heavy atom. The number of thioether (sulfide) groups is 1. The Bertz CT molecular complexity index is 1260. The van der Waals surface area contributed by atoms with E-state index in [2.05, 4.69) is 33.1 Å². The van der Waals surface area contributed by atoms with Crippen LogP contribution in [-0.2, 0) is 11.3 Å². The average molecular weight is 456 g/mol. The molecule has 2 aromatic heterocycles. The van der Waals surface area contributed by atoms with Crippen molar-refractivity contribution in [3.05, 3.63) is 47.5 Å². The highest BCUT2D eigenvalue weighted by Gasteiger charge is 2.19. The Balaban J connectivity index is 1.56. The lowest BCUT2D eigenvalue weighted by Crippen LogP contribution is -2.22. The fourth-order valence-electron chi connectivity index (χ4n) is 3.39. The second-order valence-corrected chi connectivity index (χ2v) is 8.75. The zero-order valence-electron chi connectivity index (χ0n) is 17.4. The molecule has 7 nitrogen and oxygen atoms in total. The van der Waals surface area contributed by atoms with E-state index in [9.17, 15) is 4.79 Å². The van der Waals surface area contributed by atoms with Crippen LogP contribution in [0.25, 0.3) is 22.1 Å². The van der Waals surface area contributed by atoms with Gasteiger partial charge in [0.2, 0.25) is 11.1 Å². The molecule has 0 bridgehead atoms. The first-order chi connectivity index (χ1) is 15.0. The maximum atomic E-state index is 12.7. The molecule has 1 atom stereocenters. The van der Waals surface area contributed by atoms with E-state index in [0.717, 1.165) is 35.0 Å². The number of fused-ring (bicyclic) bond motifs is 3. The van der Waals surface area contributed by atoms with Crippen molar-refractivity contribution in [3.8, 4) is 5.75 Å². The van der Waals surface area contributed by atoms with Crippen molar-refractivity contribution < 1.29 is 9.53 Å². The maximum Gasteiger partial charge on any atom is 0.237 e. The summed E-state index contributed by atoms with van der Waals surface area (Å²) in [5, 5.41) is 13.1. The molecule has 4 rings (SSSR count). The first-order valence-electron chi connectivity index (χ1n) is 9.94. The summed E-state index contributed by atoms with van der Waals surface area (Å²) in [6, 6.07) is 13.2. The van der Waals surface area contributed by atoms with Crippen LogP contribution in [0.3, 0.4) is 0 Å². The number of hydrogen-bond donors (Lipinski definition) is 1. The fourth-order valence-corrected chi connectivity index (χ4v) is 4.36. The molecule has 0 aliphatic heterocycles. The Hall–Kier alpha value is -2.84. The van der Waals surface area contributed by atoms with E-state index >= 15 is 0 Å². The Morgan fingerprint density at radius 2 is 2.06 bits per heavy atom. The molecule has 1 unspecified atom stereocenters. The molecule has 1 N–H and O–H groups in total. The molecule has 0 radical (unpaired) electrons. The second-order valence-electron chi connectivity index (χ2n) is 7.03. The highest BCUT2D eigenvalue weighted by molar-refractivity contribution is 8.00. The van der Waals surface area contributed by atoms with Crippen LogP contribution in [0.2, 0.25) is 5.02 Å². The van der Waals surface area contributed by atoms with Crippen LogP contribution in [0.1, 0.15) is 20.3 Å². The quantitative estimate of drug-likeness (QED) is 0.387. The van der Waals surface area contributed by atoms with Crippen molar-refractivity contribution in [1.29, 1.82) is 0 Å². The van der Waals surface area contributed by atoms with Crippen molar-refractivity contribution in [2.75, 3.05) is 12.4 Å². The number of aryl methyl sites for hydroxylation is 1. The smallest absolute Gasteiger partial charge is 0.237 e. The largest absolute Gasteiger partial charge is 0.495 e. The summed E-state index contributed by atoms with van der Waals surface area (Å²) in [5.74, 6) is 0.376. The summed E-state index contributed by atoms with van der Waals surface area (Å²) in [6.45, 7) is 4.77. The van der Waals surface area contributed by atoms with E-state index < -0.39 is 5.25 Å². The van der Waals surface area contributed by atoms with Crippen molar-refractivity contribution >= 4 is 57.0 Å². The third-order valence-electron chi connectivity index (χ3n) is 4.87. The van der Waals surface area contributed by atoms with E-state index in [-0.39, 0.29) is 5.91 Å². The molecule has 0 saturated heterocycles. The highest BCUT2D eigenvalue weighted by Crippen LogP contribution is 2.30. The average Bonchev–Trinajstić information content (AvgIpc) is 3.07. The van der Waals surface area contributed by atoms with Crippen LogP contribution in [0.15, 0.2) is 47.6 Å². The van der Waals surface area contributed by atoms with Crippen LogP contribution in [0.4, 0.5) is 5.69 Å². The number of carbonyl (C=O) groups excluding carboxylic acids is 1. The number of aromatic nitrogens is 4. The number of nitrogens with one attached hydrogen (secondary N) is 1. The Morgan fingerprint density at radius 1 is 1.26 bits per heavy atom. The van der Waals surface area contributed by atoms with Gasteiger partial charge in [0, 0.05) is 17.6 Å². The molecule has 31 heavy (non-hydrogen) atoms. The molecule has 1 amide bonds. The molecule has 9 heteroatoms. The van der Waals surface area contributed by atoms with Gasteiger partial charge in [0.05, 0.1) is 22.9 Å². The first kappa shape index (κ1) is 21.4. The molecule has 2 heterocycles. The number of halogens is 1. The molecular formula is C22H22ClN5O2S. The monoisotopic (exact) mass is 455 g/mol. The number of carbonyl (C=O) groups is 1. The highest BCUT2D eigenvalue weighted by atomic mass is 35.5. The maximum absolute atomic E-state index is 12.7. The molecule has 0 aliphatic carbocycles. The van der Waals surface area contributed by atoms with Gasteiger partial charge in [-0.2, -0.15) is 0 Å². The van der Waals surface area contributed by atoms with Gasteiger partial charge in [0.1, 0.15) is 11.3 Å². The van der Waals surface area contributed by atoms with Crippen molar-refractivity contribution in [3.63, 3.8) is 0 Å². The van der Waals surface area contributed by atoms with Crippen molar-refractivity contribution in [2.24, 2.45) is 0 Å². The second kappa shape index (κ2) is 9.11. The van der Waals surface area contributed by atoms with E-state index in [0.29, 0.717) is 21.6 Å². The van der Waals surface area contributed by atoms with Crippen LogP contribution < -0.4 is 10.1 Å². The number of para-hydroxylation sites is 1. The fraction of sp³-hybridized carbons (Fsp3) is 0.273. The molecule has 0 fully saturated rings. The lowest BCUT2D eigenvalue weighted by molar-refractivity contribution is -0.115. The van der Waals surface area contributed by atoms with Crippen molar-refractivity contribution in [2.45, 2.75) is 37.2 Å². The Kier molecular flexibility index (Phi) is 6.29. The summed E-state index contributed by atoms with van der Waals surface area (Å²) in [7, 11) is 1.54. The topological polar surface area (TPSA) is 81.9 Å². The minimum atomic E-state index is -0.427. The summed E-state index contributed by atoms with van der Waals surface area (Å²) in [5.41, 5.74) is 3.25. The summed E-state index contributed by atoms with van der Waals surface area (Å²) < 4.78 is 7.30. The number of amides is 1. The number of anilines is 1. The molecule has 160 valence electrons. The number of methoxy groups -OCH3 is 1. The predicted octanol–water partition coefficient (Wildman–Crippen LogP) is 5.17. The standard InChI is InChI=1S/C22H22ClN5O2S/c1-4-11-28-17-8-6-5-7-15(17)19-20(28)25-22(27-26-19)31-13(2)21(29)24-14-9-10-18(30-3)16(23)12-14/h5-10,12-13H,4,11H2,1-3H3,(H,24,29). The van der Waals surface area contributed by atoms with Gasteiger partial charge < -0.3 is 14.6 Å².